The van der Waals surface area contributed by atoms with Crippen LogP contribution in [0.1, 0.15) is 75.8 Å². The lowest BCUT2D eigenvalue weighted by atomic mass is 9.80. The minimum absolute atomic E-state index is 0.104. The molecule has 3 aromatic carbocycles. The summed E-state index contributed by atoms with van der Waals surface area (Å²) in [5.74, 6) is 1.16. The van der Waals surface area contributed by atoms with Crippen LogP contribution in [0.4, 0.5) is 5.82 Å². The maximum Gasteiger partial charge on any atom is 0.351 e. The Morgan fingerprint density at radius 3 is 2.18 bits per heavy atom. The average molecular weight is 771 g/mol. The van der Waals surface area contributed by atoms with E-state index < -0.39 is 38.3 Å². The molecule has 12 nitrogen and oxygen atoms in total. The molecule has 0 spiro atoms. The number of carbonyl (C=O) groups is 1. The van der Waals surface area contributed by atoms with Crippen LogP contribution in [0.25, 0.3) is 0 Å². The van der Waals surface area contributed by atoms with Crippen molar-refractivity contribution in [1.82, 2.24) is 14.2 Å². The predicted octanol–water partition coefficient (Wildman–Crippen LogP) is 7.43. The lowest BCUT2D eigenvalue weighted by molar-refractivity contribution is -0.118. The van der Waals surface area contributed by atoms with Gasteiger partial charge in [0.2, 0.25) is 5.91 Å². The van der Waals surface area contributed by atoms with Gasteiger partial charge in [0, 0.05) is 24.6 Å². The molecule has 2 aliphatic heterocycles. The molecule has 55 heavy (non-hydrogen) atoms. The highest BCUT2D eigenvalue weighted by molar-refractivity contribution is 7.45. The fraction of sp³-hybridized carbons (Fsp3) is 0.452. The Morgan fingerprint density at radius 1 is 0.964 bits per heavy atom. The van der Waals surface area contributed by atoms with Crippen LogP contribution in [0.15, 0.2) is 95.9 Å². The number of hydrogen-bond donors (Lipinski definition) is 1. The van der Waals surface area contributed by atoms with E-state index in [1.165, 1.54) is 4.57 Å². The van der Waals surface area contributed by atoms with Crippen molar-refractivity contribution in [3.8, 4) is 11.5 Å². The number of fused-ring (bicyclic) bond motifs is 1. The van der Waals surface area contributed by atoms with Gasteiger partial charge in [0.05, 0.1) is 32.5 Å². The van der Waals surface area contributed by atoms with E-state index >= 15 is 0 Å². The van der Waals surface area contributed by atoms with Crippen molar-refractivity contribution in [3.05, 3.63) is 118 Å². The second-order valence-corrected chi connectivity index (χ2v) is 16.4. The minimum atomic E-state index is -1.42. The monoisotopic (exact) mass is 770 g/mol. The van der Waals surface area contributed by atoms with Gasteiger partial charge in [0.25, 0.3) is 8.53 Å². The van der Waals surface area contributed by atoms with E-state index in [1.807, 2.05) is 66.7 Å². The zero-order chi connectivity index (χ0) is 38.7. The largest absolute Gasteiger partial charge is 0.497 e. The van der Waals surface area contributed by atoms with Gasteiger partial charge in [-0.2, -0.15) is 4.98 Å². The number of amides is 1. The maximum atomic E-state index is 13.5. The molecule has 1 aliphatic carbocycles. The van der Waals surface area contributed by atoms with Crippen molar-refractivity contribution in [2.45, 2.75) is 88.6 Å². The number of anilines is 1. The molecule has 0 radical (unpaired) electrons. The molecular formula is C42H51N4O8P. The number of methoxy groups -OCH3 is 2. The van der Waals surface area contributed by atoms with Gasteiger partial charge in [0.15, 0.2) is 0 Å². The van der Waals surface area contributed by atoms with Crippen molar-refractivity contribution >= 4 is 20.3 Å². The molecule has 7 rings (SSSR count). The minimum Gasteiger partial charge on any atom is -0.497 e. The normalized spacial score (nSPS) is 25.5. The van der Waals surface area contributed by atoms with Gasteiger partial charge in [-0.05, 0) is 73.8 Å². The highest BCUT2D eigenvalue weighted by atomic mass is 31.2. The van der Waals surface area contributed by atoms with Crippen LogP contribution in [-0.2, 0) is 28.9 Å². The summed E-state index contributed by atoms with van der Waals surface area (Å²) in [5, 5.41) is 2.71. The summed E-state index contributed by atoms with van der Waals surface area (Å²) in [6.45, 7) is 5.86. The predicted molar refractivity (Wildman–Crippen MR) is 210 cm³/mol. The first-order chi connectivity index (χ1) is 26.5. The highest BCUT2D eigenvalue weighted by Gasteiger charge is 2.53. The highest BCUT2D eigenvalue weighted by Crippen LogP contribution is 2.60. The summed E-state index contributed by atoms with van der Waals surface area (Å²) in [6.07, 6.45) is 4.47. The quantitative estimate of drug-likeness (QED) is 0.109. The second-order valence-electron chi connectivity index (χ2n) is 14.9. The number of hydrogen-bond acceptors (Lipinski definition) is 10. The second kappa shape index (κ2) is 16.5. The third-order valence-corrected chi connectivity index (χ3v) is 12.9. The molecule has 2 saturated heterocycles. The first kappa shape index (κ1) is 39.1. The molecule has 3 aliphatic rings. The van der Waals surface area contributed by atoms with Crippen LogP contribution >= 0.6 is 8.53 Å². The van der Waals surface area contributed by atoms with Crippen molar-refractivity contribution in [2.75, 3.05) is 33.2 Å². The zero-order valence-corrected chi connectivity index (χ0v) is 33.2. The van der Waals surface area contributed by atoms with Crippen LogP contribution in [0.3, 0.4) is 0 Å². The Labute approximate surface area is 324 Å². The van der Waals surface area contributed by atoms with Crippen molar-refractivity contribution in [2.24, 2.45) is 5.92 Å². The maximum absolute atomic E-state index is 13.5. The topological polar surface area (TPSA) is 123 Å². The molecular weight excluding hydrogens is 719 g/mol. The Kier molecular flexibility index (Phi) is 11.7. The van der Waals surface area contributed by atoms with Gasteiger partial charge in [0.1, 0.15) is 35.2 Å². The van der Waals surface area contributed by atoms with Gasteiger partial charge >= 0.3 is 5.69 Å². The Bertz CT molecular complexity index is 1930. The standard InChI is InChI=1S/C42H51N4O8P/c1-28(2)39(47)43-37-23-25-46(40(48)44-37)38-26-34(53-55-45(4)36-14-10-11-24-41(36,3)54-55)35(52-38)27-51-42(29-12-8-7-9-13-29,30-15-19-32(49-5)20-16-30)31-17-21-33(50-6)22-18-31/h7-9,12-13,15-23,25,28,34-36,38H,10-11,14,24,26-27H2,1-6H3,(H,43,44,47,48)/t34-,35+,36+,38+,41+,55?/m0/s1. The number of nitrogens with one attached hydrogen (secondary N) is 1. The third-order valence-electron chi connectivity index (χ3n) is 11.1. The SMILES string of the molecule is COc1ccc(C(OC[C@H]2O[C@@H](n3ccc(NC(=O)C(C)C)nc3=O)C[C@@H]2OP2O[C@]3(C)CCCC[C@H]3N2C)(c2ccccc2)c2ccc(OC)cc2)cc1. The van der Waals surface area contributed by atoms with Crippen LogP contribution < -0.4 is 20.5 Å². The van der Waals surface area contributed by atoms with E-state index in [-0.39, 0.29) is 35.9 Å². The Balaban J connectivity index is 1.25. The number of rotatable bonds is 13. The van der Waals surface area contributed by atoms with E-state index in [1.54, 1.807) is 40.3 Å². The van der Waals surface area contributed by atoms with Gasteiger partial charge in [-0.25, -0.2) is 9.46 Å². The summed E-state index contributed by atoms with van der Waals surface area (Å²) < 4.78 is 42.4. The number of nitrogens with zero attached hydrogens (tertiary/aromatic N) is 3. The van der Waals surface area contributed by atoms with Gasteiger partial charge in [-0.15, -0.1) is 0 Å². The smallest absolute Gasteiger partial charge is 0.351 e. The van der Waals surface area contributed by atoms with Crippen molar-refractivity contribution in [1.29, 1.82) is 0 Å². The fourth-order valence-corrected chi connectivity index (χ4v) is 9.86. The number of aromatic nitrogens is 2. The molecule has 292 valence electrons. The van der Waals surface area contributed by atoms with E-state index in [4.69, 9.17) is 28.0 Å². The molecule has 1 unspecified atom stereocenters. The number of ether oxygens (including phenoxy) is 4. The lowest BCUT2D eigenvalue weighted by Crippen LogP contribution is -2.43. The fourth-order valence-electron chi connectivity index (χ4n) is 7.93. The molecule has 1 aromatic heterocycles. The molecule has 1 amide bonds. The summed E-state index contributed by atoms with van der Waals surface area (Å²) in [6, 6.07) is 27.7. The van der Waals surface area contributed by atoms with Crippen LogP contribution in [0.2, 0.25) is 0 Å². The molecule has 3 fully saturated rings. The van der Waals surface area contributed by atoms with E-state index in [0.29, 0.717) is 6.42 Å². The first-order valence-corrected chi connectivity index (χ1v) is 20.1. The van der Waals surface area contributed by atoms with Gasteiger partial charge in [-0.1, -0.05) is 81.3 Å². The zero-order valence-electron chi connectivity index (χ0n) is 32.3. The molecule has 6 atom stereocenters. The molecule has 1 N–H and O–H groups in total. The number of benzene rings is 3. The van der Waals surface area contributed by atoms with E-state index in [9.17, 15) is 9.59 Å². The Hall–Kier alpha value is -4.16. The molecule has 1 saturated carbocycles. The molecule has 3 heterocycles. The summed E-state index contributed by atoms with van der Waals surface area (Å²) in [7, 11) is 3.95. The van der Waals surface area contributed by atoms with E-state index in [2.05, 4.69) is 41.1 Å². The molecule has 0 bridgehead atoms. The number of likely N-dealkylation sites (N-methyl/N-ethyl adjacent to an activating group) is 1. The summed E-state index contributed by atoms with van der Waals surface area (Å²) in [5.41, 5.74) is 0.769. The number of carbonyl (C=O) groups excluding carboxylic acids is 1. The average Bonchev–Trinajstić information content (AvgIpc) is 3.71. The Morgan fingerprint density at radius 2 is 1.60 bits per heavy atom. The van der Waals surface area contributed by atoms with Crippen LogP contribution in [-0.4, -0.2) is 71.9 Å². The van der Waals surface area contributed by atoms with Crippen molar-refractivity contribution in [3.63, 3.8) is 0 Å². The van der Waals surface area contributed by atoms with Gasteiger partial charge < -0.3 is 33.3 Å². The molecule has 4 aromatic rings. The molecule has 13 heteroatoms. The lowest BCUT2D eigenvalue weighted by Gasteiger charge is -2.37. The van der Waals surface area contributed by atoms with Crippen LogP contribution in [0, 0.1) is 5.92 Å². The van der Waals surface area contributed by atoms with Gasteiger partial charge in [-0.3, -0.25) is 9.36 Å². The third kappa shape index (κ3) is 7.94. The van der Waals surface area contributed by atoms with Crippen molar-refractivity contribution < 1.29 is 32.8 Å². The van der Waals surface area contributed by atoms with Crippen LogP contribution in [0.5, 0.6) is 11.5 Å². The summed E-state index contributed by atoms with van der Waals surface area (Å²) in [4.78, 5) is 30.0. The van der Waals surface area contributed by atoms with E-state index in [0.717, 1.165) is 53.9 Å². The first-order valence-electron chi connectivity index (χ1n) is 19.0. The summed E-state index contributed by atoms with van der Waals surface area (Å²) >= 11 is 0.